The van der Waals surface area contributed by atoms with Gasteiger partial charge in [-0.05, 0) is 24.3 Å². The highest BCUT2D eigenvalue weighted by atomic mass is 35.5. The first-order chi connectivity index (χ1) is 8.56. The Morgan fingerprint density at radius 2 is 2.06 bits per heavy atom. The van der Waals surface area contributed by atoms with Crippen molar-refractivity contribution in [3.05, 3.63) is 57.5 Å². The van der Waals surface area contributed by atoms with E-state index in [4.69, 9.17) is 17.3 Å². The van der Waals surface area contributed by atoms with E-state index in [1.54, 1.807) is 12.1 Å². The second-order valence-corrected chi connectivity index (χ2v) is 4.04. The number of carbonyl (C=O) groups is 1. The van der Waals surface area contributed by atoms with Crippen molar-refractivity contribution >= 4 is 28.9 Å². The average molecular weight is 264 g/mol. The number of rotatable bonds is 2. The van der Waals surface area contributed by atoms with E-state index >= 15 is 0 Å². The molecule has 0 aliphatic rings. The van der Waals surface area contributed by atoms with Crippen LogP contribution in [0.15, 0.2) is 41.3 Å². The van der Waals surface area contributed by atoms with Crippen LogP contribution in [0.3, 0.4) is 0 Å². The van der Waals surface area contributed by atoms with Gasteiger partial charge in [0.05, 0.1) is 10.7 Å². The topological polar surface area (TPSA) is 88.0 Å². The van der Waals surface area contributed by atoms with Crippen molar-refractivity contribution in [2.45, 2.75) is 0 Å². The minimum Gasteiger partial charge on any atom is -0.399 e. The average Bonchev–Trinajstić information content (AvgIpc) is 2.32. The molecule has 5 nitrogen and oxygen atoms in total. The van der Waals surface area contributed by atoms with E-state index < -0.39 is 5.91 Å². The SMILES string of the molecule is Nc1ccc(NC(=O)c2cc[nH]c(=O)c2)c(Cl)c1. The number of carbonyl (C=O) groups excluding carboxylic acids is 1. The number of H-pyrrole nitrogens is 1. The zero-order chi connectivity index (χ0) is 13.1. The molecule has 1 amide bonds. The summed E-state index contributed by atoms with van der Waals surface area (Å²) in [5.41, 5.74) is 6.41. The van der Waals surface area contributed by atoms with Gasteiger partial charge in [0, 0.05) is 23.5 Å². The van der Waals surface area contributed by atoms with Gasteiger partial charge in [-0.3, -0.25) is 9.59 Å². The van der Waals surface area contributed by atoms with Gasteiger partial charge in [0.1, 0.15) is 0 Å². The van der Waals surface area contributed by atoms with Crippen molar-refractivity contribution in [3.8, 4) is 0 Å². The number of hydrogen-bond acceptors (Lipinski definition) is 3. The van der Waals surface area contributed by atoms with E-state index in [1.165, 1.54) is 24.4 Å². The fourth-order valence-corrected chi connectivity index (χ4v) is 1.65. The van der Waals surface area contributed by atoms with E-state index in [-0.39, 0.29) is 11.1 Å². The number of aromatic amines is 1. The lowest BCUT2D eigenvalue weighted by Crippen LogP contribution is -2.15. The molecule has 0 saturated heterocycles. The van der Waals surface area contributed by atoms with E-state index in [0.29, 0.717) is 16.4 Å². The van der Waals surface area contributed by atoms with Gasteiger partial charge in [-0.15, -0.1) is 0 Å². The molecular formula is C12H10ClN3O2. The number of hydrogen-bond donors (Lipinski definition) is 3. The molecule has 0 bridgehead atoms. The van der Waals surface area contributed by atoms with Crippen LogP contribution in [0.2, 0.25) is 5.02 Å². The van der Waals surface area contributed by atoms with Gasteiger partial charge < -0.3 is 16.0 Å². The first kappa shape index (κ1) is 12.2. The van der Waals surface area contributed by atoms with Crippen LogP contribution >= 0.6 is 11.6 Å². The number of aromatic nitrogens is 1. The van der Waals surface area contributed by atoms with Gasteiger partial charge in [-0.25, -0.2) is 0 Å². The van der Waals surface area contributed by atoms with Crippen molar-refractivity contribution in [1.82, 2.24) is 4.98 Å². The van der Waals surface area contributed by atoms with Crippen molar-refractivity contribution < 1.29 is 4.79 Å². The van der Waals surface area contributed by atoms with Crippen LogP contribution in [-0.4, -0.2) is 10.9 Å². The standard InChI is InChI=1S/C12H10ClN3O2/c13-9-6-8(14)1-2-10(9)16-12(18)7-3-4-15-11(17)5-7/h1-6H,14H2,(H,15,17)(H,16,18). The zero-order valence-electron chi connectivity index (χ0n) is 9.24. The summed E-state index contributed by atoms with van der Waals surface area (Å²) in [6.07, 6.45) is 1.40. The summed E-state index contributed by atoms with van der Waals surface area (Å²) in [7, 11) is 0. The summed E-state index contributed by atoms with van der Waals surface area (Å²) in [6.45, 7) is 0. The smallest absolute Gasteiger partial charge is 0.255 e. The summed E-state index contributed by atoms with van der Waals surface area (Å²) in [4.78, 5) is 25.4. The van der Waals surface area contributed by atoms with Crippen LogP contribution in [0.25, 0.3) is 0 Å². The summed E-state index contributed by atoms with van der Waals surface area (Å²) < 4.78 is 0. The first-order valence-electron chi connectivity index (χ1n) is 5.11. The predicted octanol–water partition coefficient (Wildman–Crippen LogP) is 1.86. The van der Waals surface area contributed by atoms with Gasteiger partial charge in [0.25, 0.3) is 5.91 Å². The maximum atomic E-state index is 11.8. The van der Waals surface area contributed by atoms with Gasteiger partial charge in [-0.2, -0.15) is 0 Å². The number of halogens is 1. The van der Waals surface area contributed by atoms with Crippen LogP contribution < -0.4 is 16.6 Å². The number of amides is 1. The molecule has 2 aromatic rings. The second kappa shape index (κ2) is 4.93. The molecule has 1 aromatic heterocycles. The summed E-state index contributed by atoms with van der Waals surface area (Å²) in [5.74, 6) is -0.409. The molecule has 1 heterocycles. The van der Waals surface area contributed by atoms with Gasteiger partial charge in [0.15, 0.2) is 0 Å². The molecule has 1 aromatic carbocycles. The molecule has 0 unspecified atom stereocenters. The summed E-state index contributed by atoms with van der Waals surface area (Å²) >= 11 is 5.93. The maximum absolute atomic E-state index is 11.8. The van der Waals surface area contributed by atoms with E-state index in [1.807, 2.05) is 0 Å². The minimum absolute atomic E-state index is 0.256. The van der Waals surface area contributed by atoms with E-state index in [9.17, 15) is 9.59 Å². The van der Waals surface area contributed by atoms with Gasteiger partial charge >= 0.3 is 0 Å². The predicted molar refractivity (Wildman–Crippen MR) is 70.9 cm³/mol. The lowest BCUT2D eigenvalue weighted by Gasteiger charge is -2.07. The Balaban J connectivity index is 2.24. The largest absolute Gasteiger partial charge is 0.399 e. The zero-order valence-corrected chi connectivity index (χ0v) is 9.99. The lowest BCUT2D eigenvalue weighted by molar-refractivity contribution is 0.102. The molecule has 0 spiro atoms. The maximum Gasteiger partial charge on any atom is 0.255 e. The molecule has 0 aliphatic heterocycles. The molecule has 0 atom stereocenters. The van der Waals surface area contributed by atoms with Crippen LogP contribution in [-0.2, 0) is 0 Å². The van der Waals surface area contributed by atoms with Crippen LogP contribution in [0.1, 0.15) is 10.4 Å². The molecular weight excluding hydrogens is 254 g/mol. The quantitative estimate of drug-likeness (QED) is 0.723. The van der Waals surface area contributed by atoms with Gasteiger partial charge in [0.2, 0.25) is 5.56 Å². The number of nitrogens with one attached hydrogen (secondary N) is 2. The number of pyridine rings is 1. The van der Waals surface area contributed by atoms with Crippen LogP contribution in [0.5, 0.6) is 0 Å². The molecule has 4 N–H and O–H groups in total. The highest BCUT2D eigenvalue weighted by molar-refractivity contribution is 6.34. The van der Waals surface area contributed by atoms with Crippen molar-refractivity contribution in [2.75, 3.05) is 11.1 Å². The van der Waals surface area contributed by atoms with Crippen molar-refractivity contribution in [2.24, 2.45) is 0 Å². The number of anilines is 2. The molecule has 0 aliphatic carbocycles. The molecule has 92 valence electrons. The highest BCUT2D eigenvalue weighted by Gasteiger charge is 2.08. The van der Waals surface area contributed by atoms with Crippen molar-refractivity contribution in [3.63, 3.8) is 0 Å². The van der Waals surface area contributed by atoms with Crippen LogP contribution in [0, 0.1) is 0 Å². The number of benzene rings is 1. The molecule has 0 fully saturated rings. The molecule has 2 rings (SSSR count). The Labute approximate surface area is 108 Å². The van der Waals surface area contributed by atoms with Crippen LogP contribution in [0.4, 0.5) is 11.4 Å². The third-order valence-corrected chi connectivity index (χ3v) is 2.59. The summed E-state index contributed by atoms with van der Waals surface area (Å²) in [5, 5.41) is 2.94. The van der Waals surface area contributed by atoms with E-state index in [0.717, 1.165) is 0 Å². The Kier molecular flexibility index (Phi) is 3.34. The van der Waals surface area contributed by atoms with E-state index in [2.05, 4.69) is 10.3 Å². The highest BCUT2D eigenvalue weighted by Crippen LogP contribution is 2.24. The molecule has 6 heteroatoms. The normalized spacial score (nSPS) is 10.1. The molecule has 0 saturated carbocycles. The third kappa shape index (κ3) is 2.70. The Bertz CT molecular complexity index is 652. The third-order valence-electron chi connectivity index (χ3n) is 2.28. The molecule has 18 heavy (non-hydrogen) atoms. The first-order valence-corrected chi connectivity index (χ1v) is 5.49. The number of nitrogen functional groups attached to an aromatic ring is 1. The summed E-state index contributed by atoms with van der Waals surface area (Å²) in [6, 6.07) is 7.47. The Hall–Kier alpha value is -2.27. The lowest BCUT2D eigenvalue weighted by atomic mass is 10.2. The fraction of sp³-hybridized carbons (Fsp3) is 0. The number of nitrogens with two attached hydrogens (primary N) is 1. The fourth-order valence-electron chi connectivity index (χ4n) is 1.41. The van der Waals surface area contributed by atoms with Gasteiger partial charge in [-0.1, -0.05) is 11.6 Å². The second-order valence-electron chi connectivity index (χ2n) is 3.64. The Morgan fingerprint density at radius 1 is 1.28 bits per heavy atom. The molecule has 0 radical (unpaired) electrons. The minimum atomic E-state index is -0.409. The monoisotopic (exact) mass is 263 g/mol. The Morgan fingerprint density at radius 3 is 2.72 bits per heavy atom. The van der Waals surface area contributed by atoms with Crippen molar-refractivity contribution in [1.29, 1.82) is 0 Å².